The standard InChI is InChI=1S/C16H34N2/c1-3-6-16-9-13-18(14-10-16)12-5-7-15(4-2)8-11-17/h15-16H,3-14,17H2,1-2H3. The molecule has 108 valence electrons. The highest BCUT2D eigenvalue weighted by molar-refractivity contribution is 4.72. The Labute approximate surface area is 114 Å². The maximum absolute atomic E-state index is 5.65. The van der Waals surface area contributed by atoms with Crippen molar-refractivity contribution >= 4 is 0 Å². The summed E-state index contributed by atoms with van der Waals surface area (Å²) in [5, 5.41) is 0. The largest absolute Gasteiger partial charge is 0.330 e. The smallest absolute Gasteiger partial charge is 0.00161 e. The van der Waals surface area contributed by atoms with Crippen LogP contribution >= 0.6 is 0 Å². The Morgan fingerprint density at radius 1 is 1.17 bits per heavy atom. The summed E-state index contributed by atoms with van der Waals surface area (Å²) in [7, 11) is 0. The summed E-state index contributed by atoms with van der Waals surface area (Å²) in [4.78, 5) is 2.68. The van der Waals surface area contributed by atoms with Crippen molar-refractivity contribution in [3.8, 4) is 0 Å². The predicted molar refractivity (Wildman–Crippen MR) is 80.8 cm³/mol. The molecule has 2 heteroatoms. The molecule has 1 unspecified atom stereocenters. The normalized spacial score (nSPS) is 20.2. The van der Waals surface area contributed by atoms with Crippen molar-refractivity contribution in [3.63, 3.8) is 0 Å². The highest BCUT2D eigenvalue weighted by Gasteiger charge is 2.18. The molecule has 0 aromatic rings. The van der Waals surface area contributed by atoms with Crippen LogP contribution in [0.4, 0.5) is 0 Å². The fourth-order valence-electron chi connectivity index (χ4n) is 3.30. The van der Waals surface area contributed by atoms with Crippen LogP contribution in [0.25, 0.3) is 0 Å². The van der Waals surface area contributed by atoms with E-state index in [0.29, 0.717) is 0 Å². The van der Waals surface area contributed by atoms with Crippen molar-refractivity contribution in [1.29, 1.82) is 0 Å². The zero-order valence-corrected chi connectivity index (χ0v) is 12.7. The van der Waals surface area contributed by atoms with Crippen molar-refractivity contribution in [2.24, 2.45) is 17.6 Å². The van der Waals surface area contributed by atoms with Crippen LogP contribution in [0, 0.1) is 11.8 Å². The summed E-state index contributed by atoms with van der Waals surface area (Å²) >= 11 is 0. The SMILES string of the molecule is CCCC1CCN(CCCC(CC)CCN)CC1. The molecule has 0 aliphatic carbocycles. The van der Waals surface area contributed by atoms with Crippen LogP contribution in [0.2, 0.25) is 0 Å². The monoisotopic (exact) mass is 254 g/mol. The van der Waals surface area contributed by atoms with Gasteiger partial charge < -0.3 is 10.6 Å². The van der Waals surface area contributed by atoms with Gasteiger partial charge in [0.1, 0.15) is 0 Å². The molecule has 1 aliphatic rings. The van der Waals surface area contributed by atoms with Gasteiger partial charge in [0.25, 0.3) is 0 Å². The van der Waals surface area contributed by atoms with Gasteiger partial charge in [-0.3, -0.25) is 0 Å². The minimum atomic E-state index is 0.862. The lowest BCUT2D eigenvalue weighted by atomic mass is 9.92. The van der Waals surface area contributed by atoms with E-state index in [0.717, 1.165) is 18.4 Å². The molecule has 0 aromatic heterocycles. The van der Waals surface area contributed by atoms with E-state index >= 15 is 0 Å². The fraction of sp³-hybridized carbons (Fsp3) is 1.00. The molecule has 1 rings (SSSR count). The molecule has 18 heavy (non-hydrogen) atoms. The van der Waals surface area contributed by atoms with Crippen LogP contribution in [0.5, 0.6) is 0 Å². The van der Waals surface area contributed by atoms with Gasteiger partial charge in [0.2, 0.25) is 0 Å². The maximum atomic E-state index is 5.65. The Kier molecular flexibility index (Phi) is 8.70. The quantitative estimate of drug-likeness (QED) is 0.680. The van der Waals surface area contributed by atoms with E-state index in [1.807, 2.05) is 0 Å². The summed E-state index contributed by atoms with van der Waals surface area (Å²) in [6.07, 6.45) is 11.0. The molecule has 1 saturated heterocycles. The summed E-state index contributed by atoms with van der Waals surface area (Å²) < 4.78 is 0. The van der Waals surface area contributed by atoms with E-state index in [-0.39, 0.29) is 0 Å². The molecule has 0 saturated carbocycles. The number of piperidine rings is 1. The molecule has 0 spiro atoms. The second-order valence-electron chi connectivity index (χ2n) is 6.07. The number of likely N-dealkylation sites (tertiary alicyclic amines) is 1. The second kappa shape index (κ2) is 9.80. The van der Waals surface area contributed by atoms with Gasteiger partial charge in [0.15, 0.2) is 0 Å². The van der Waals surface area contributed by atoms with E-state index < -0.39 is 0 Å². The van der Waals surface area contributed by atoms with Crippen molar-refractivity contribution in [3.05, 3.63) is 0 Å². The van der Waals surface area contributed by atoms with Gasteiger partial charge in [-0.25, -0.2) is 0 Å². The first-order valence-corrected chi connectivity index (χ1v) is 8.22. The average molecular weight is 254 g/mol. The Morgan fingerprint density at radius 3 is 2.44 bits per heavy atom. The van der Waals surface area contributed by atoms with Gasteiger partial charge in [0, 0.05) is 0 Å². The third-order valence-corrected chi connectivity index (χ3v) is 4.64. The number of hydrogen-bond donors (Lipinski definition) is 1. The van der Waals surface area contributed by atoms with E-state index in [4.69, 9.17) is 5.73 Å². The zero-order valence-electron chi connectivity index (χ0n) is 12.7. The first kappa shape index (κ1) is 16.0. The Balaban J connectivity index is 2.06. The third kappa shape index (κ3) is 6.19. The third-order valence-electron chi connectivity index (χ3n) is 4.64. The van der Waals surface area contributed by atoms with E-state index in [1.54, 1.807) is 0 Å². The molecule has 0 aromatic carbocycles. The molecule has 1 atom stereocenters. The van der Waals surface area contributed by atoms with Crippen LogP contribution in [-0.2, 0) is 0 Å². The lowest BCUT2D eigenvalue weighted by molar-refractivity contribution is 0.173. The van der Waals surface area contributed by atoms with Crippen LogP contribution < -0.4 is 5.73 Å². The van der Waals surface area contributed by atoms with E-state index in [1.165, 1.54) is 71.0 Å². The first-order valence-electron chi connectivity index (χ1n) is 8.22. The van der Waals surface area contributed by atoms with Crippen LogP contribution in [0.15, 0.2) is 0 Å². The molecular weight excluding hydrogens is 220 g/mol. The van der Waals surface area contributed by atoms with Gasteiger partial charge in [-0.15, -0.1) is 0 Å². The molecule has 0 radical (unpaired) electrons. The Bertz CT molecular complexity index is 186. The predicted octanol–water partition coefficient (Wildman–Crippen LogP) is 3.65. The molecule has 2 nitrogen and oxygen atoms in total. The van der Waals surface area contributed by atoms with Gasteiger partial charge >= 0.3 is 0 Å². The number of nitrogens with zero attached hydrogens (tertiary/aromatic N) is 1. The molecular formula is C16H34N2. The first-order chi connectivity index (χ1) is 8.80. The van der Waals surface area contributed by atoms with Gasteiger partial charge in [-0.05, 0) is 70.1 Å². The lowest BCUT2D eigenvalue weighted by Crippen LogP contribution is -2.34. The van der Waals surface area contributed by atoms with Crippen molar-refractivity contribution in [2.45, 2.75) is 65.2 Å². The van der Waals surface area contributed by atoms with Crippen molar-refractivity contribution in [2.75, 3.05) is 26.2 Å². The Hall–Kier alpha value is -0.0800. The van der Waals surface area contributed by atoms with Crippen molar-refractivity contribution < 1.29 is 0 Å². The molecule has 1 aliphatic heterocycles. The van der Waals surface area contributed by atoms with Gasteiger partial charge in [0.05, 0.1) is 0 Å². The summed E-state index contributed by atoms with van der Waals surface area (Å²) in [6.45, 7) is 9.49. The molecule has 2 N–H and O–H groups in total. The fourth-order valence-corrected chi connectivity index (χ4v) is 3.30. The molecule has 0 amide bonds. The lowest BCUT2D eigenvalue weighted by Gasteiger charge is -2.32. The highest BCUT2D eigenvalue weighted by atomic mass is 15.1. The molecule has 1 heterocycles. The van der Waals surface area contributed by atoms with Crippen LogP contribution in [0.3, 0.4) is 0 Å². The number of rotatable bonds is 9. The minimum absolute atomic E-state index is 0.862. The summed E-state index contributed by atoms with van der Waals surface area (Å²) in [6, 6.07) is 0. The Morgan fingerprint density at radius 2 is 1.89 bits per heavy atom. The second-order valence-corrected chi connectivity index (χ2v) is 6.07. The minimum Gasteiger partial charge on any atom is -0.330 e. The van der Waals surface area contributed by atoms with Crippen LogP contribution in [0.1, 0.15) is 65.2 Å². The number of hydrogen-bond acceptors (Lipinski definition) is 2. The summed E-state index contributed by atoms with van der Waals surface area (Å²) in [5.41, 5.74) is 5.65. The maximum Gasteiger partial charge on any atom is -0.00161 e. The highest BCUT2D eigenvalue weighted by Crippen LogP contribution is 2.22. The molecule has 1 fully saturated rings. The van der Waals surface area contributed by atoms with Crippen molar-refractivity contribution in [1.82, 2.24) is 4.90 Å². The summed E-state index contributed by atoms with van der Waals surface area (Å²) in [5.74, 6) is 1.89. The van der Waals surface area contributed by atoms with E-state index in [9.17, 15) is 0 Å². The topological polar surface area (TPSA) is 29.3 Å². The number of nitrogens with two attached hydrogens (primary N) is 1. The zero-order chi connectivity index (χ0) is 13.2. The van der Waals surface area contributed by atoms with Gasteiger partial charge in [-0.1, -0.05) is 33.1 Å². The average Bonchev–Trinajstić information content (AvgIpc) is 2.40. The van der Waals surface area contributed by atoms with Crippen LogP contribution in [-0.4, -0.2) is 31.1 Å². The molecule has 0 bridgehead atoms. The van der Waals surface area contributed by atoms with Gasteiger partial charge in [-0.2, -0.15) is 0 Å². The van der Waals surface area contributed by atoms with E-state index in [2.05, 4.69) is 18.7 Å².